The summed E-state index contributed by atoms with van der Waals surface area (Å²) in [6.45, 7) is 7.49. The van der Waals surface area contributed by atoms with E-state index in [4.69, 9.17) is 23.2 Å². The van der Waals surface area contributed by atoms with Crippen LogP contribution in [0.5, 0.6) is 0 Å². The minimum absolute atomic E-state index is 0.104. The van der Waals surface area contributed by atoms with Crippen molar-refractivity contribution in [3.63, 3.8) is 0 Å². The lowest BCUT2D eigenvalue weighted by Gasteiger charge is -2.33. The molecule has 2 aromatic carbocycles. The summed E-state index contributed by atoms with van der Waals surface area (Å²) in [5, 5.41) is 15.0. The monoisotopic (exact) mass is 479 g/mol. The maximum Gasteiger partial charge on any atom is 0.273 e. The lowest BCUT2D eigenvalue weighted by Crippen LogP contribution is -2.53. The molecule has 0 aliphatic carbocycles. The summed E-state index contributed by atoms with van der Waals surface area (Å²) < 4.78 is 0. The zero-order chi connectivity index (χ0) is 24.1. The topological polar surface area (TPSA) is 92.6 Å². The number of nitrogens with zero attached hydrogens (tertiary/aromatic N) is 2. The van der Waals surface area contributed by atoms with Gasteiger partial charge in [0, 0.05) is 23.7 Å². The standard InChI is InChI=1S/C23H27Cl2N3O4/c1-5-19(22(30)26-23(2,3)4)27(14-15-10-11-17(24)18(25)12-15)21(29)13-16-8-6-7-9-20(16)28(31)32/h6-12,19H,5,13-14H2,1-4H3,(H,26,30). The van der Waals surface area contributed by atoms with Crippen LogP contribution in [-0.2, 0) is 22.6 Å². The number of nitro groups is 1. The first-order valence-corrected chi connectivity index (χ1v) is 11.0. The predicted octanol–water partition coefficient (Wildman–Crippen LogP) is 5.17. The van der Waals surface area contributed by atoms with Crippen molar-refractivity contribution < 1.29 is 14.5 Å². The summed E-state index contributed by atoms with van der Waals surface area (Å²) in [6, 6.07) is 10.3. The summed E-state index contributed by atoms with van der Waals surface area (Å²) in [5.74, 6) is -0.697. The van der Waals surface area contributed by atoms with Gasteiger partial charge in [-0.2, -0.15) is 0 Å². The van der Waals surface area contributed by atoms with Crippen molar-refractivity contribution in [3.05, 3.63) is 73.8 Å². The Bertz CT molecular complexity index is 1000. The minimum atomic E-state index is -0.765. The van der Waals surface area contributed by atoms with E-state index in [1.165, 1.54) is 11.0 Å². The van der Waals surface area contributed by atoms with E-state index < -0.39 is 22.4 Å². The molecule has 0 aliphatic heterocycles. The van der Waals surface area contributed by atoms with Gasteiger partial charge in [0.05, 0.1) is 21.4 Å². The third-order valence-corrected chi connectivity index (χ3v) is 5.49. The Kier molecular flexibility index (Phi) is 8.64. The lowest BCUT2D eigenvalue weighted by atomic mass is 10.0. The van der Waals surface area contributed by atoms with E-state index in [1.807, 2.05) is 27.7 Å². The Hall–Kier alpha value is -2.64. The quantitative estimate of drug-likeness (QED) is 0.417. The summed E-state index contributed by atoms with van der Waals surface area (Å²) in [7, 11) is 0. The lowest BCUT2D eigenvalue weighted by molar-refractivity contribution is -0.385. The molecule has 2 rings (SSSR count). The minimum Gasteiger partial charge on any atom is -0.350 e. The Labute approximate surface area is 197 Å². The first-order valence-electron chi connectivity index (χ1n) is 10.2. The maximum absolute atomic E-state index is 13.4. The third-order valence-electron chi connectivity index (χ3n) is 4.75. The number of amides is 2. The molecule has 0 aliphatic rings. The predicted molar refractivity (Wildman–Crippen MR) is 126 cm³/mol. The van der Waals surface area contributed by atoms with Crippen molar-refractivity contribution in [2.24, 2.45) is 0 Å². The number of benzene rings is 2. The average molecular weight is 480 g/mol. The molecule has 2 aromatic rings. The molecule has 2 amide bonds. The highest BCUT2D eigenvalue weighted by Crippen LogP contribution is 2.25. The fourth-order valence-corrected chi connectivity index (χ4v) is 3.63. The molecule has 32 heavy (non-hydrogen) atoms. The molecule has 172 valence electrons. The van der Waals surface area contributed by atoms with E-state index >= 15 is 0 Å². The maximum atomic E-state index is 13.4. The van der Waals surface area contributed by atoms with Gasteiger partial charge in [-0.15, -0.1) is 0 Å². The highest BCUT2D eigenvalue weighted by Gasteiger charge is 2.31. The fraction of sp³-hybridized carbons (Fsp3) is 0.391. The van der Waals surface area contributed by atoms with Gasteiger partial charge < -0.3 is 10.2 Å². The van der Waals surface area contributed by atoms with Gasteiger partial charge in [0.15, 0.2) is 0 Å². The average Bonchev–Trinajstić information content (AvgIpc) is 2.69. The number of nitrogens with one attached hydrogen (secondary N) is 1. The Morgan fingerprint density at radius 1 is 1.12 bits per heavy atom. The summed E-state index contributed by atoms with van der Waals surface area (Å²) in [5.41, 5.74) is 0.355. The van der Waals surface area contributed by atoms with Crippen LogP contribution in [0.25, 0.3) is 0 Å². The van der Waals surface area contributed by atoms with Crippen molar-refractivity contribution in [3.8, 4) is 0 Å². The van der Waals surface area contributed by atoms with E-state index in [-0.39, 0.29) is 30.1 Å². The summed E-state index contributed by atoms with van der Waals surface area (Å²) >= 11 is 12.1. The molecule has 0 aromatic heterocycles. The molecular weight excluding hydrogens is 453 g/mol. The Morgan fingerprint density at radius 2 is 1.78 bits per heavy atom. The smallest absolute Gasteiger partial charge is 0.273 e. The van der Waals surface area contributed by atoms with Gasteiger partial charge in [0.1, 0.15) is 6.04 Å². The molecule has 0 saturated carbocycles. The van der Waals surface area contributed by atoms with Gasteiger partial charge in [-0.1, -0.05) is 54.4 Å². The SMILES string of the molecule is CCC(C(=O)NC(C)(C)C)N(Cc1ccc(Cl)c(Cl)c1)C(=O)Cc1ccccc1[N+](=O)[O-]. The van der Waals surface area contributed by atoms with Crippen LogP contribution in [0.4, 0.5) is 5.69 Å². The first kappa shape index (κ1) is 25.6. The molecule has 0 radical (unpaired) electrons. The van der Waals surface area contributed by atoms with Crippen LogP contribution in [0.3, 0.4) is 0 Å². The molecular formula is C23H27Cl2N3O4. The second-order valence-electron chi connectivity index (χ2n) is 8.50. The molecule has 0 heterocycles. The summed E-state index contributed by atoms with van der Waals surface area (Å²) in [4.78, 5) is 38.7. The number of para-hydroxylation sites is 1. The molecule has 7 nitrogen and oxygen atoms in total. The van der Waals surface area contributed by atoms with Gasteiger partial charge in [0.25, 0.3) is 5.69 Å². The highest BCUT2D eigenvalue weighted by atomic mass is 35.5. The van der Waals surface area contributed by atoms with Crippen molar-refractivity contribution in [1.82, 2.24) is 10.2 Å². The molecule has 1 atom stereocenters. The van der Waals surface area contributed by atoms with E-state index in [0.717, 1.165) is 0 Å². The van der Waals surface area contributed by atoms with Gasteiger partial charge in [-0.25, -0.2) is 0 Å². The van der Waals surface area contributed by atoms with Gasteiger partial charge >= 0.3 is 0 Å². The number of rotatable bonds is 8. The first-order chi connectivity index (χ1) is 14.9. The van der Waals surface area contributed by atoms with Crippen LogP contribution in [0.2, 0.25) is 10.0 Å². The van der Waals surface area contributed by atoms with Gasteiger partial charge in [0.2, 0.25) is 11.8 Å². The number of hydrogen-bond donors (Lipinski definition) is 1. The van der Waals surface area contributed by atoms with Crippen LogP contribution < -0.4 is 5.32 Å². The van der Waals surface area contributed by atoms with Crippen molar-refractivity contribution >= 4 is 40.7 Å². The van der Waals surface area contributed by atoms with E-state index in [1.54, 1.807) is 36.4 Å². The highest BCUT2D eigenvalue weighted by molar-refractivity contribution is 6.42. The second kappa shape index (κ2) is 10.8. The molecule has 0 spiro atoms. The van der Waals surface area contributed by atoms with Gasteiger partial charge in [-0.05, 0) is 44.9 Å². The van der Waals surface area contributed by atoms with Crippen molar-refractivity contribution in [1.29, 1.82) is 0 Å². The summed E-state index contributed by atoms with van der Waals surface area (Å²) in [6.07, 6.45) is 0.156. The second-order valence-corrected chi connectivity index (χ2v) is 9.31. The molecule has 0 bridgehead atoms. The molecule has 1 N–H and O–H groups in total. The number of hydrogen-bond acceptors (Lipinski definition) is 4. The fourth-order valence-electron chi connectivity index (χ4n) is 3.31. The third kappa shape index (κ3) is 6.93. The van der Waals surface area contributed by atoms with Crippen LogP contribution >= 0.6 is 23.2 Å². The number of carbonyl (C=O) groups excluding carboxylic acids is 2. The largest absolute Gasteiger partial charge is 0.350 e. The zero-order valence-electron chi connectivity index (χ0n) is 18.5. The Balaban J connectivity index is 2.41. The zero-order valence-corrected chi connectivity index (χ0v) is 20.0. The normalized spacial score (nSPS) is 12.2. The molecule has 0 saturated heterocycles. The molecule has 0 fully saturated rings. The number of nitro benzene ring substituents is 1. The van der Waals surface area contributed by atoms with Crippen LogP contribution in [-0.4, -0.2) is 33.2 Å². The van der Waals surface area contributed by atoms with Crippen molar-refractivity contribution in [2.75, 3.05) is 0 Å². The van der Waals surface area contributed by atoms with Crippen molar-refractivity contribution in [2.45, 2.75) is 58.7 Å². The molecule has 9 heteroatoms. The van der Waals surface area contributed by atoms with E-state index in [0.29, 0.717) is 22.0 Å². The van der Waals surface area contributed by atoms with E-state index in [9.17, 15) is 19.7 Å². The van der Waals surface area contributed by atoms with Gasteiger partial charge in [-0.3, -0.25) is 19.7 Å². The van der Waals surface area contributed by atoms with Crippen LogP contribution in [0.15, 0.2) is 42.5 Å². The Morgan fingerprint density at radius 3 is 2.34 bits per heavy atom. The number of carbonyl (C=O) groups is 2. The van der Waals surface area contributed by atoms with Crippen LogP contribution in [0.1, 0.15) is 45.2 Å². The molecule has 1 unspecified atom stereocenters. The van der Waals surface area contributed by atoms with E-state index in [2.05, 4.69) is 5.32 Å². The van der Waals surface area contributed by atoms with Crippen LogP contribution in [0, 0.1) is 10.1 Å². The number of halogens is 2.